The Hall–Kier alpha value is -1.81. The minimum absolute atomic E-state index is 0.315. The van der Waals surface area contributed by atoms with Crippen LogP contribution in [-0.4, -0.2) is 11.7 Å². The molecule has 0 unspecified atom stereocenters. The maximum atomic E-state index is 13.0. The van der Waals surface area contributed by atoms with Gasteiger partial charge in [0.2, 0.25) is 0 Å². The molecule has 0 amide bonds. The summed E-state index contributed by atoms with van der Waals surface area (Å²) in [6.45, 7) is 1.33. The van der Waals surface area contributed by atoms with Gasteiger partial charge in [0.25, 0.3) is 0 Å². The van der Waals surface area contributed by atoms with Crippen LogP contribution in [-0.2, 0) is 13.0 Å². The fraction of sp³-hybridized carbons (Fsp3) is 0.231. The van der Waals surface area contributed by atoms with Crippen molar-refractivity contribution in [2.24, 2.45) is 0 Å². The molecule has 2 rings (SSSR count). The lowest BCUT2D eigenvalue weighted by molar-refractivity contribution is 0.431. The Kier molecular flexibility index (Phi) is 3.77. The Morgan fingerprint density at radius 1 is 1.29 bits per heavy atom. The van der Waals surface area contributed by atoms with Crippen LogP contribution < -0.4 is 5.32 Å². The van der Waals surface area contributed by atoms with Crippen LogP contribution in [0.4, 0.5) is 4.39 Å². The minimum Gasteiger partial charge on any atom is -0.505 e. The predicted molar refractivity (Wildman–Crippen MR) is 62.2 cm³/mol. The van der Waals surface area contributed by atoms with Gasteiger partial charge in [-0.1, -0.05) is 6.07 Å². The molecule has 2 aromatic rings. The average molecular weight is 235 g/mol. The second-order valence-electron chi connectivity index (χ2n) is 3.79. The van der Waals surface area contributed by atoms with E-state index in [9.17, 15) is 4.39 Å². The van der Waals surface area contributed by atoms with E-state index in [1.165, 1.54) is 12.1 Å². The Morgan fingerprint density at radius 2 is 2.18 bits per heavy atom. The molecule has 2 N–H and O–H groups in total. The van der Waals surface area contributed by atoms with Crippen LogP contribution in [0, 0.1) is 5.82 Å². The fourth-order valence-electron chi connectivity index (χ4n) is 1.56. The first kappa shape index (κ1) is 11.7. The normalized spacial score (nSPS) is 10.6. The van der Waals surface area contributed by atoms with Gasteiger partial charge < -0.3 is 14.8 Å². The minimum atomic E-state index is -0.588. The summed E-state index contributed by atoms with van der Waals surface area (Å²) in [5, 5.41) is 12.2. The van der Waals surface area contributed by atoms with Crippen LogP contribution in [0.15, 0.2) is 41.0 Å². The van der Waals surface area contributed by atoms with Crippen molar-refractivity contribution in [3.63, 3.8) is 0 Å². The van der Waals surface area contributed by atoms with Gasteiger partial charge in [0.05, 0.1) is 6.26 Å². The van der Waals surface area contributed by atoms with Gasteiger partial charge in [-0.15, -0.1) is 0 Å². The number of furan rings is 1. The van der Waals surface area contributed by atoms with Crippen LogP contribution in [0.5, 0.6) is 5.75 Å². The highest BCUT2D eigenvalue weighted by Crippen LogP contribution is 2.15. The second-order valence-corrected chi connectivity index (χ2v) is 3.79. The maximum Gasteiger partial charge on any atom is 0.165 e. The molecular weight excluding hydrogens is 221 g/mol. The van der Waals surface area contributed by atoms with Crippen LogP contribution >= 0.6 is 0 Å². The lowest BCUT2D eigenvalue weighted by Crippen LogP contribution is -2.16. The van der Waals surface area contributed by atoms with Gasteiger partial charge in [-0.25, -0.2) is 4.39 Å². The van der Waals surface area contributed by atoms with Gasteiger partial charge in [-0.2, -0.15) is 0 Å². The van der Waals surface area contributed by atoms with E-state index < -0.39 is 5.82 Å². The van der Waals surface area contributed by atoms with E-state index in [2.05, 4.69) is 5.32 Å². The molecule has 0 fully saturated rings. The Balaban J connectivity index is 1.76. The van der Waals surface area contributed by atoms with Crippen molar-refractivity contribution in [2.45, 2.75) is 13.0 Å². The number of benzene rings is 1. The zero-order valence-electron chi connectivity index (χ0n) is 9.32. The van der Waals surface area contributed by atoms with Gasteiger partial charge in [0.1, 0.15) is 5.76 Å². The molecule has 0 radical (unpaired) electrons. The summed E-state index contributed by atoms with van der Waals surface area (Å²) in [6, 6.07) is 8.15. The molecule has 0 spiro atoms. The molecular formula is C13H14FNO2. The summed E-state index contributed by atoms with van der Waals surface area (Å²) in [7, 11) is 0. The average Bonchev–Trinajstić information content (AvgIpc) is 2.82. The third kappa shape index (κ3) is 3.32. The number of rotatable bonds is 5. The van der Waals surface area contributed by atoms with E-state index >= 15 is 0 Å². The molecule has 4 heteroatoms. The summed E-state index contributed by atoms with van der Waals surface area (Å²) in [5.41, 5.74) is 0.805. The molecule has 17 heavy (non-hydrogen) atoms. The summed E-state index contributed by atoms with van der Waals surface area (Å²) in [6.07, 6.45) is 2.44. The van der Waals surface area contributed by atoms with Crippen molar-refractivity contribution in [3.8, 4) is 5.75 Å². The highest BCUT2D eigenvalue weighted by Gasteiger charge is 2.01. The Labute approximate surface area is 98.9 Å². The third-order valence-corrected chi connectivity index (χ3v) is 2.47. The van der Waals surface area contributed by atoms with Gasteiger partial charge in [-0.05, 0) is 29.8 Å². The van der Waals surface area contributed by atoms with Gasteiger partial charge >= 0.3 is 0 Å². The van der Waals surface area contributed by atoms with Gasteiger partial charge in [0.15, 0.2) is 11.6 Å². The Morgan fingerprint density at radius 3 is 2.88 bits per heavy atom. The van der Waals surface area contributed by atoms with Crippen LogP contribution in [0.25, 0.3) is 0 Å². The molecule has 90 valence electrons. The van der Waals surface area contributed by atoms with Crippen molar-refractivity contribution >= 4 is 0 Å². The summed E-state index contributed by atoms with van der Waals surface area (Å²) in [5.74, 6) is 0.0223. The van der Waals surface area contributed by atoms with Crippen molar-refractivity contribution in [2.75, 3.05) is 6.54 Å². The zero-order chi connectivity index (χ0) is 12.1. The van der Waals surface area contributed by atoms with E-state index in [0.717, 1.165) is 24.3 Å². The predicted octanol–water partition coefficient (Wildman–Crippen LogP) is 2.46. The lowest BCUT2D eigenvalue weighted by atomic mass is 10.2. The van der Waals surface area contributed by atoms with E-state index in [4.69, 9.17) is 9.52 Å². The highest BCUT2D eigenvalue weighted by atomic mass is 19.1. The topological polar surface area (TPSA) is 45.4 Å². The zero-order valence-corrected chi connectivity index (χ0v) is 9.32. The van der Waals surface area contributed by atoms with Crippen molar-refractivity contribution < 1.29 is 13.9 Å². The first-order chi connectivity index (χ1) is 8.25. The summed E-state index contributed by atoms with van der Waals surface area (Å²) >= 11 is 0. The van der Waals surface area contributed by atoms with Crippen LogP contribution in [0.1, 0.15) is 11.3 Å². The number of aromatic hydroxyl groups is 1. The standard InChI is InChI=1S/C13H14FNO2/c14-12-8-10(3-4-13(12)16)9-15-6-5-11-2-1-7-17-11/h1-4,7-8,15-16H,5-6,9H2. The van der Waals surface area contributed by atoms with Crippen molar-refractivity contribution in [3.05, 3.63) is 53.7 Å². The largest absolute Gasteiger partial charge is 0.505 e. The highest BCUT2D eigenvalue weighted by molar-refractivity contribution is 5.27. The molecule has 0 aliphatic rings. The molecule has 1 aromatic carbocycles. The summed E-state index contributed by atoms with van der Waals surface area (Å²) in [4.78, 5) is 0. The lowest BCUT2D eigenvalue weighted by Gasteiger charge is -2.04. The van der Waals surface area contributed by atoms with Crippen molar-refractivity contribution in [1.29, 1.82) is 0 Å². The number of phenols is 1. The quantitative estimate of drug-likeness (QED) is 0.782. The first-order valence-corrected chi connectivity index (χ1v) is 5.46. The molecule has 0 saturated heterocycles. The monoisotopic (exact) mass is 235 g/mol. The van der Waals surface area contributed by atoms with Gasteiger partial charge in [-0.3, -0.25) is 0 Å². The number of nitrogens with one attached hydrogen (secondary N) is 1. The number of hydrogen-bond donors (Lipinski definition) is 2. The molecule has 1 heterocycles. The second kappa shape index (κ2) is 5.50. The van der Waals surface area contributed by atoms with Crippen molar-refractivity contribution in [1.82, 2.24) is 5.32 Å². The molecule has 1 aromatic heterocycles. The molecule has 3 nitrogen and oxygen atoms in total. The fourth-order valence-corrected chi connectivity index (χ4v) is 1.56. The molecule has 0 atom stereocenters. The Bertz CT molecular complexity index is 468. The smallest absolute Gasteiger partial charge is 0.165 e. The van der Waals surface area contributed by atoms with E-state index in [-0.39, 0.29) is 5.75 Å². The van der Waals surface area contributed by atoms with Crippen LogP contribution in [0.2, 0.25) is 0 Å². The van der Waals surface area contributed by atoms with Crippen LogP contribution in [0.3, 0.4) is 0 Å². The maximum absolute atomic E-state index is 13.0. The first-order valence-electron chi connectivity index (χ1n) is 5.46. The molecule has 0 bridgehead atoms. The molecule has 0 aliphatic carbocycles. The van der Waals surface area contributed by atoms with Gasteiger partial charge in [0, 0.05) is 19.5 Å². The summed E-state index contributed by atoms with van der Waals surface area (Å²) < 4.78 is 18.2. The third-order valence-electron chi connectivity index (χ3n) is 2.47. The molecule has 0 aliphatic heterocycles. The SMILES string of the molecule is Oc1ccc(CNCCc2ccco2)cc1F. The van der Waals surface area contributed by atoms with E-state index in [0.29, 0.717) is 6.54 Å². The van der Waals surface area contributed by atoms with E-state index in [1.54, 1.807) is 12.3 Å². The number of phenolic OH excluding ortho intramolecular Hbond substituents is 1. The molecule has 0 saturated carbocycles. The number of halogens is 1. The number of hydrogen-bond acceptors (Lipinski definition) is 3. The van der Waals surface area contributed by atoms with E-state index in [1.807, 2.05) is 12.1 Å².